The molecule has 0 spiro atoms. The molecule has 0 saturated heterocycles. The van der Waals surface area contributed by atoms with Crippen molar-refractivity contribution in [2.75, 3.05) is 0 Å². The molecular formula is C20H25ClGeN2O. The van der Waals surface area contributed by atoms with Crippen molar-refractivity contribution < 1.29 is 4.84 Å². The van der Waals surface area contributed by atoms with Crippen LogP contribution in [0.25, 0.3) is 0 Å². The minimum atomic E-state index is -2.46. The average Bonchev–Trinajstić information content (AvgIpc) is 3.11. The molecule has 3 nitrogen and oxygen atoms in total. The third-order valence-electron chi connectivity index (χ3n) is 5.88. The van der Waals surface area contributed by atoms with Crippen molar-refractivity contribution in [3.05, 3.63) is 64.9 Å². The molecule has 132 valence electrons. The Morgan fingerprint density at radius 1 is 1.04 bits per heavy atom. The first-order chi connectivity index (χ1) is 12.1. The number of oxime groups is 1. The molecule has 1 aromatic heterocycles. The van der Waals surface area contributed by atoms with Gasteiger partial charge in [-0.05, 0) is 0 Å². The van der Waals surface area contributed by atoms with E-state index in [9.17, 15) is 0 Å². The summed E-state index contributed by atoms with van der Waals surface area (Å²) in [6.45, 7) is 6.94. The molecule has 0 amide bonds. The van der Waals surface area contributed by atoms with Crippen LogP contribution < -0.4 is 0 Å². The van der Waals surface area contributed by atoms with Crippen molar-refractivity contribution in [3.63, 3.8) is 0 Å². The van der Waals surface area contributed by atoms with E-state index < -0.39 is 13.3 Å². The molecule has 25 heavy (non-hydrogen) atoms. The van der Waals surface area contributed by atoms with Crippen LogP contribution in [0.2, 0.25) is 20.8 Å². The van der Waals surface area contributed by atoms with Crippen LogP contribution in [-0.2, 0) is 9.27 Å². The van der Waals surface area contributed by atoms with Gasteiger partial charge in [0.15, 0.2) is 0 Å². The van der Waals surface area contributed by atoms with Crippen molar-refractivity contribution in [3.8, 4) is 0 Å². The standard InChI is InChI=1S/C20H25ClGeN2O/c1-4-22(5-2,6-3)20(16-11-7-8-12-17(16)21)15-19(24-25-20)18-13-9-10-14-23-18/h7-14H,4-6,15H2,1-3H3. The van der Waals surface area contributed by atoms with Gasteiger partial charge in [0, 0.05) is 0 Å². The van der Waals surface area contributed by atoms with E-state index in [2.05, 4.69) is 43.0 Å². The van der Waals surface area contributed by atoms with Crippen LogP contribution >= 0.6 is 11.6 Å². The molecule has 0 fully saturated rings. The van der Waals surface area contributed by atoms with Crippen LogP contribution in [0.1, 0.15) is 38.4 Å². The summed E-state index contributed by atoms with van der Waals surface area (Å²) in [7, 11) is 0. The van der Waals surface area contributed by atoms with Gasteiger partial charge < -0.3 is 0 Å². The van der Waals surface area contributed by atoms with Gasteiger partial charge in [0.05, 0.1) is 0 Å². The quantitative estimate of drug-likeness (QED) is 0.557. The molecule has 1 aliphatic heterocycles. The second kappa shape index (κ2) is 7.50. The fourth-order valence-electron chi connectivity index (χ4n) is 4.21. The Hall–Kier alpha value is -1.33. The third kappa shape index (κ3) is 3.02. The maximum atomic E-state index is 6.65. The number of hydrogen-bond acceptors (Lipinski definition) is 3. The van der Waals surface area contributed by atoms with E-state index in [1.807, 2.05) is 36.5 Å². The molecule has 1 aliphatic rings. The van der Waals surface area contributed by atoms with Gasteiger partial charge in [-0.15, -0.1) is 0 Å². The van der Waals surface area contributed by atoms with Crippen LogP contribution in [-0.4, -0.2) is 24.0 Å². The Bertz CT molecular complexity index is 753. The minimum absolute atomic E-state index is 0.372. The van der Waals surface area contributed by atoms with Crippen molar-refractivity contribution >= 4 is 30.6 Å². The van der Waals surface area contributed by atoms with Gasteiger partial charge in [0.2, 0.25) is 0 Å². The summed E-state index contributed by atoms with van der Waals surface area (Å²) in [6, 6.07) is 14.0. The summed E-state index contributed by atoms with van der Waals surface area (Å²) in [4.78, 5) is 10.8. The first-order valence-corrected chi connectivity index (χ1v) is 14.9. The van der Waals surface area contributed by atoms with Gasteiger partial charge in [0.25, 0.3) is 0 Å². The topological polar surface area (TPSA) is 34.5 Å². The predicted octanol–water partition coefficient (Wildman–Crippen LogP) is 5.80. The summed E-state index contributed by atoms with van der Waals surface area (Å²) in [5.74, 6) is 0. The van der Waals surface area contributed by atoms with Gasteiger partial charge >= 0.3 is 158 Å². The Morgan fingerprint density at radius 3 is 2.32 bits per heavy atom. The Balaban J connectivity index is 2.12. The van der Waals surface area contributed by atoms with Crippen LogP contribution in [0.5, 0.6) is 0 Å². The van der Waals surface area contributed by atoms with Gasteiger partial charge in [-0.1, -0.05) is 0 Å². The van der Waals surface area contributed by atoms with Crippen LogP contribution in [0, 0.1) is 0 Å². The summed E-state index contributed by atoms with van der Waals surface area (Å²) in [6.07, 6.45) is 2.57. The van der Waals surface area contributed by atoms with E-state index in [0.29, 0.717) is 0 Å². The normalized spacial score (nSPS) is 20.2. The Labute approximate surface area is 157 Å². The molecule has 0 bridgehead atoms. The number of benzene rings is 1. The second-order valence-corrected chi connectivity index (χ2v) is 18.6. The Morgan fingerprint density at radius 2 is 1.72 bits per heavy atom. The molecule has 0 saturated carbocycles. The van der Waals surface area contributed by atoms with Gasteiger partial charge in [-0.2, -0.15) is 0 Å². The summed E-state index contributed by atoms with van der Waals surface area (Å²) >= 11 is 4.19. The number of pyridine rings is 1. The number of halogens is 1. The second-order valence-electron chi connectivity index (χ2n) is 6.67. The summed E-state index contributed by atoms with van der Waals surface area (Å²) < 4.78 is -0.372. The van der Waals surface area contributed by atoms with E-state index in [4.69, 9.17) is 16.4 Å². The first-order valence-electron chi connectivity index (χ1n) is 9.04. The molecule has 0 aliphatic carbocycles. The average molecular weight is 417 g/mol. The number of nitrogens with zero attached hydrogens (tertiary/aromatic N) is 2. The predicted molar refractivity (Wildman–Crippen MR) is 107 cm³/mol. The zero-order valence-electron chi connectivity index (χ0n) is 15.1. The fourth-order valence-corrected chi connectivity index (χ4v) is 14.7. The van der Waals surface area contributed by atoms with E-state index in [1.54, 1.807) is 0 Å². The van der Waals surface area contributed by atoms with E-state index in [1.165, 1.54) is 15.8 Å². The summed E-state index contributed by atoms with van der Waals surface area (Å²) in [5.41, 5.74) is 2.94. The molecular weight excluding hydrogens is 392 g/mol. The molecule has 1 unspecified atom stereocenters. The molecule has 0 radical (unpaired) electrons. The number of rotatable bonds is 6. The van der Waals surface area contributed by atoms with Crippen LogP contribution in [0.4, 0.5) is 0 Å². The number of aromatic nitrogens is 1. The fraction of sp³-hybridized carbons (Fsp3) is 0.400. The van der Waals surface area contributed by atoms with E-state index in [0.717, 1.165) is 28.4 Å². The summed E-state index contributed by atoms with van der Waals surface area (Å²) in [5, 5.41) is 8.86. The van der Waals surface area contributed by atoms with Gasteiger partial charge in [-0.25, -0.2) is 0 Å². The SMILES string of the molecule is C[CH2][Ge]([CH2]C)([CH2]C)[C]1(c2ccccc2Cl)CC(c2ccccn2)=NO1. The monoisotopic (exact) mass is 418 g/mol. The van der Waals surface area contributed by atoms with Crippen molar-refractivity contribution in [1.82, 2.24) is 4.98 Å². The maximum absolute atomic E-state index is 6.65. The molecule has 0 N–H and O–H groups in total. The van der Waals surface area contributed by atoms with Gasteiger partial charge in [-0.3, -0.25) is 0 Å². The third-order valence-corrected chi connectivity index (χ3v) is 19.5. The van der Waals surface area contributed by atoms with Crippen molar-refractivity contribution in [1.29, 1.82) is 0 Å². The molecule has 1 aromatic carbocycles. The van der Waals surface area contributed by atoms with Crippen LogP contribution in [0.15, 0.2) is 53.8 Å². The van der Waals surface area contributed by atoms with E-state index in [-0.39, 0.29) is 4.43 Å². The van der Waals surface area contributed by atoms with Crippen molar-refractivity contribution in [2.24, 2.45) is 5.16 Å². The van der Waals surface area contributed by atoms with Gasteiger partial charge in [0.1, 0.15) is 0 Å². The molecule has 5 heteroatoms. The number of hydrogen-bond donors (Lipinski definition) is 0. The Kier molecular flexibility index (Phi) is 5.54. The van der Waals surface area contributed by atoms with Crippen molar-refractivity contribution in [2.45, 2.75) is 47.4 Å². The van der Waals surface area contributed by atoms with Crippen LogP contribution in [0.3, 0.4) is 0 Å². The zero-order chi connectivity index (χ0) is 17.9. The molecule has 2 heterocycles. The van der Waals surface area contributed by atoms with E-state index >= 15 is 0 Å². The first kappa shape index (κ1) is 18.5. The molecule has 1 atom stereocenters. The molecule has 3 rings (SSSR count). The molecule has 2 aromatic rings. The zero-order valence-corrected chi connectivity index (χ0v) is 18.0.